The highest BCUT2D eigenvalue weighted by atomic mass is 16.3. The first-order chi connectivity index (χ1) is 4.92. The third kappa shape index (κ3) is 0.654. The van der Waals surface area contributed by atoms with Crippen molar-refractivity contribution in [3.63, 3.8) is 0 Å². The van der Waals surface area contributed by atoms with Gasteiger partial charge in [-0.3, -0.25) is 0 Å². The van der Waals surface area contributed by atoms with E-state index in [1.165, 1.54) is 0 Å². The minimum Gasteiger partial charge on any atom is -0.394 e. The molecule has 0 aromatic carbocycles. The molecule has 1 N–H and O–H groups in total. The second-order valence-electron chi connectivity index (χ2n) is 2.53. The monoisotopic (exact) mass is 139 g/mol. The van der Waals surface area contributed by atoms with Gasteiger partial charge in [-0.25, -0.2) is 0 Å². The lowest BCUT2D eigenvalue weighted by atomic mass is 10.2. The Morgan fingerprint density at radius 2 is 2.70 bits per heavy atom. The molecule has 1 aromatic heterocycles. The molecule has 0 saturated heterocycles. The van der Waals surface area contributed by atoms with Gasteiger partial charge in [-0.2, -0.15) is 0 Å². The average Bonchev–Trinajstić information content (AvgIpc) is 2.44. The molecule has 0 saturated carbocycles. The van der Waals surface area contributed by atoms with E-state index >= 15 is 0 Å². The number of nitrogens with zero attached hydrogens (tertiary/aromatic N) is 3. The zero-order chi connectivity index (χ0) is 6.97. The summed E-state index contributed by atoms with van der Waals surface area (Å²) in [6.45, 7) is 0.199. The Bertz CT molecular complexity index is 233. The van der Waals surface area contributed by atoms with Crippen molar-refractivity contribution in [3.05, 3.63) is 12.2 Å². The first kappa shape index (κ1) is 5.85. The summed E-state index contributed by atoms with van der Waals surface area (Å²) >= 11 is 0. The highest BCUT2D eigenvalue weighted by molar-refractivity contribution is 4.96. The molecule has 0 amide bonds. The number of hydrogen-bond acceptors (Lipinski definition) is 3. The van der Waals surface area contributed by atoms with Gasteiger partial charge in [-0.05, 0) is 6.42 Å². The molecule has 1 unspecified atom stereocenters. The molecular formula is C6H9N3O. The van der Waals surface area contributed by atoms with E-state index in [4.69, 9.17) is 5.11 Å². The molecule has 2 rings (SSSR count). The van der Waals surface area contributed by atoms with Crippen molar-refractivity contribution in [2.24, 2.45) is 0 Å². The largest absolute Gasteiger partial charge is 0.394 e. The molecule has 0 fully saturated rings. The van der Waals surface area contributed by atoms with Gasteiger partial charge in [0.05, 0.1) is 12.6 Å². The SMILES string of the molecule is OCC1CCc2nncn21. The van der Waals surface area contributed by atoms with Gasteiger partial charge >= 0.3 is 0 Å². The second kappa shape index (κ2) is 2.05. The van der Waals surface area contributed by atoms with Crippen LogP contribution in [0.15, 0.2) is 6.33 Å². The molecule has 1 aliphatic heterocycles. The summed E-state index contributed by atoms with van der Waals surface area (Å²) in [6.07, 6.45) is 3.63. The van der Waals surface area contributed by atoms with Crippen molar-refractivity contribution in [2.45, 2.75) is 18.9 Å². The molecule has 1 aromatic rings. The van der Waals surface area contributed by atoms with Crippen molar-refractivity contribution < 1.29 is 5.11 Å². The number of rotatable bonds is 1. The van der Waals surface area contributed by atoms with Crippen LogP contribution in [0.25, 0.3) is 0 Å². The molecule has 1 aliphatic rings. The predicted molar refractivity (Wildman–Crippen MR) is 34.5 cm³/mol. The summed E-state index contributed by atoms with van der Waals surface area (Å²) in [5, 5.41) is 16.5. The Morgan fingerprint density at radius 3 is 3.50 bits per heavy atom. The number of hydrogen-bond donors (Lipinski definition) is 1. The van der Waals surface area contributed by atoms with Gasteiger partial charge in [-0.15, -0.1) is 10.2 Å². The van der Waals surface area contributed by atoms with E-state index in [0.29, 0.717) is 0 Å². The lowest BCUT2D eigenvalue weighted by Crippen LogP contribution is -2.06. The molecule has 0 bridgehead atoms. The van der Waals surface area contributed by atoms with Crippen molar-refractivity contribution in [1.29, 1.82) is 0 Å². The first-order valence-electron chi connectivity index (χ1n) is 3.41. The number of aryl methyl sites for hydroxylation is 1. The number of aliphatic hydroxyl groups is 1. The van der Waals surface area contributed by atoms with Gasteiger partial charge in [0.1, 0.15) is 12.2 Å². The molecule has 2 heterocycles. The van der Waals surface area contributed by atoms with Gasteiger partial charge in [-0.1, -0.05) is 0 Å². The van der Waals surface area contributed by atoms with Crippen LogP contribution < -0.4 is 0 Å². The van der Waals surface area contributed by atoms with Crippen LogP contribution in [-0.2, 0) is 6.42 Å². The molecule has 1 atom stereocenters. The zero-order valence-electron chi connectivity index (χ0n) is 5.56. The highest BCUT2D eigenvalue weighted by Gasteiger charge is 2.21. The predicted octanol–water partition coefficient (Wildman–Crippen LogP) is -0.242. The summed E-state index contributed by atoms with van der Waals surface area (Å²) in [7, 11) is 0. The molecule has 0 aliphatic carbocycles. The van der Waals surface area contributed by atoms with Crippen molar-refractivity contribution >= 4 is 0 Å². The van der Waals surface area contributed by atoms with Crippen molar-refractivity contribution in [1.82, 2.24) is 14.8 Å². The lowest BCUT2D eigenvalue weighted by molar-refractivity contribution is 0.232. The summed E-state index contributed by atoms with van der Waals surface area (Å²) in [6, 6.07) is 0.227. The van der Waals surface area contributed by atoms with Crippen LogP contribution in [0.5, 0.6) is 0 Å². The van der Waals surface area contributed by atoms with E-state index in [9.17, 15) is 0 Å². The first-order valence-corrected chi connectivity index (χ1v) is 3.41. The van der Waals surface area contributed by atoms with Crippen LogP contribution in [0.4, 0.5) is 0 Å². The molecule has 0 spiro atoms. The van der Waals surface area contributed by atoms with Gasteiger partial charge in [0.2, 0.25) is 0 Å². The summed E-state index contributed by atoms with van der Waals surface area (Å²) in [5.74, 6) is 0.999. The van der Waals surface area contributed by atoms with Crippen LogP contribution in [0, 0.1) is 0 Å². The van der Waals surface area contributed by atoms with Gasteiger partial charge in [0.15, 0.2) is 0 Å². The van der Waals surface area contributed by atoms with E-state index in [0.717, 1.165) is 18.7 Å². The molecule has 0 radical (unpaired) electrons. The fourth-order valence-electron chi connectivity index (χ4n) is 1.36. The maximum absolute atomic E-state index is 8.85. The van der Waals surface area contributed by atoms with Crippen LogP contribution in [-0.4, -0.2) is 26.5 Å². The average molecular weight is 139 g/mol. The molecule has 54 valence electrons. The lowest BCUT2D eigenvalue weighted by Gasteiger charge is -2.05. The van der Waals surface area contributed by atoms with Gasteiger partial charge in [0, 0.05) is 6.42 Å². The van der Waals surface area contributed by atoms with Gasteiger partial charge < -0.3 is 9.67 Å². The Hall–Kier alpha value is -0.900. The minimum atomic E-state index is 0.199. The standard InChI is InChI=1S/C6H9N3O/c10-3-5-1-2-6-8-7-4-9(5)6/h4-5,10H,1-3H2. The van der Waals surface area contributed by atoms with E-state index in [-0.39, 0.29) is 12.6 Å². The smallest absolute Gasteiger partial charge is 0.133 e. The third-order valence-corrected chi connectivity index (χ3v) is 1.95. The maximum Gasteiger partial charge on any atom is 0.133 e. The van der Waals surface area contributed by atoms with Crippen LogP contribution >= 0.6 is 0 Å². The van der Waals surface area contributed by atoms with E-state index in [1.54, 1.807) is 6.33 Å². The Labute approximate surface area is 58.5 Å². The number of fused-ring (bicyclic) bond motifs is 1. The van der Waals surface area contributed by atoms with E-state index in [1.807, 2.05) is 4.57 Å². The van der Waals surface area contributed by atoms with Crippen molar-refractivity contribution in [2.75, 3.05) is 6.61 Å². The van der Waals surface area contributed by atoms with Crippen LogP contribution in [0.1, 0.15) is 18.3 Å². The minimum absolute atomic E-state index is 0.199. The van der Waals surface area contributed by atoms with E-state index in [2.05, 4.69) is 10.2 Å². The van der Waals surface area contributed by atoms with Gasteiger partial charge in [0.25, 0.3) is 0 Å². The summed E-state index contributed by atoms with van der Waals surface area (Å²) in [5.41, 5.74) is 0. The summed E-state index contributed by atoms with van der Waals surface area (Å²) in [4.78, 5) is 0. The van der Waals surface area contributed by atoms with Crippen LogP contribution in [0.3, 0.4) is 0 Å². The topological polar surface area (TPSA) is 50.9 Å². The summed E-state index contributed by atoms with van der Waals surface area (Å²) < 4.78 is 1.94. The van der Waals surface area contributed by atoms with Crippen molar-refractivity contribution in [3.8, 4) is 0 Å². The molecular weight excluding hydrogens is 130 g/mol. The quantitative estimate of drug-likeness (QED) is 0.584. The Morgan fingerprint density at radius 1 is 1.80 bits per heavy atom. The Balaban J connectivity index is 2.34. The number of aromatic nitrogens is 3. The molecule has 4 heteroatoms. The van der Waals surface area contributed by atoms with Crippen LogP contribution in [0.2, 0.25) is 0 Å². The highest BCUT2D eigenvalue weighted by Crippen LogP contribution is 2.22. The fraction of sp³-hybridized carbons (Fsp3) is 0.667. The molecule has 10 heavy (non-hydrogen) atoms. The Kier molecular flexibility index (Phi) is 1.20. The normalized spacial score (nSPS) is 23.1. The maximum atomic E-state index is 8.85. The number of aliphatic hydroxyl groups excluding tert-OH is 1. The van der Waals surface area contributed by atoms with E-state index < -0.39 is 0 Å². The fourth-order valence-corrected chi connectivity index (χ4v) is 1.36. The zero-order valence-corrected chi connectivity index (χ0v) is 5.56. The molecule has 4 nitrogen and oxygen atoms in total. The second-order valence-corrected chi connectivity index (χ2v) is 2.53. The third-order valence-electron chi connectivity index (χ3n) is 1.95.